The van der Waals surface area contributed by atoms with E-state index in [0.717, 1.165) is 0 Å². The van der Waals surface area contributed by atoms with Crippen LogP contribution in [0.5, 0.6) is 0 Å². The molecule has 4 N–H and O–H groups in total. The van der Waals surface area contributed by atoms with Gasteiger partial charge in [-0.05, 0) is 0 Å². The van der Waals surface area contributed by atoms with Crippen LogP contribution in [-0.2, 0) is 20.0 Å². The Morgan fingerprint density at radius 1 is 0.706 bits per heavy atom. The standard InChI is InChI=1S/C3HF6NO4S2.H3N/c4-1(5)2(6,7)15(11,12)10-16(13,14)3(1,8)9;/h10H;1H3. The predicted octanol–water partition coefficient (Wildman–Crippen LogP) is 0.232. The third-order valence-corrected chi connectivity index (χ3v) is 5.24. The Bertz CT molecular complexity index is 477. The molecule has 14 heteroatoms. The molecule has 0 bridgehead atoms. The first-order valence-corrected chi connectivity index (χ1v) is 6.08. The molecule has 1 fully saturated rings. The van der Waals surface area contributed by atoms with Gasteiger partial charge >= 0.3 is 16.4 Å². The second-order valence-corrected chi connectivity index (χ2v) is 6.40. The molecule has 0 aromatic rings. The quantitative estimate of drug-likeness (QED) is 0.622. The van der Waals surface area contributed by atoms with E-state index in [9.17, 15) is 43.2 Å². The average Bonchev–Trinajstić information content (AvgIpc) is 1.98. The highest BCUT2D eigenvalue weighted by Crippen LogP contribution is 2.53. The fourth-order valence-electron chi connectivity index (χ4n) is 0.756. The van der Waals surface area contributed by atoms with Crippen LogP contribution in [0.25, 0.3) is 0 Å². The van der Waals surface area contributed by atoms with E-state index >= 15 is 0 Å². The predicted molar refractivity (Wildman–Crippen MR) is 40.8 cm³/mol. The van der Waals surface area contributed by atoms with Crippen LogP contribution in [0.2, 0.25) is 0 Å². The van der Waals surface area contributed by atoms with Gasteiger partial charge in [-0.2, -0.15) is 26.3 Å². The van der Waals surface area contributed by atoms with Crippen molar-refractivity contribution in [2.45, 2.75) is 16.4 Å². The average molecular weight is 310 g/mol. The molecule has 6 nitrogen and oxygen atoms in total. The number of nitrogens with one attached hydrogen (secondary N) is 1. The first kappa shape index (κ1) is 16.4. The maximum Gasteiger partial charge on any atom is 0.429 e. The molecular formula is C3H4F6N2O4S2. The van der Waals surface area contributed by atoms with Gasteiger partial charge in [-0.25, -0.2) is 16.8 Å². The van der Waals surface area contributed by atoms with Crippen molar-refractivity contribution >= 4 is 20.0 Å². The minimum Gasteiger partial charge on any atom is -0.344 e. The Kier molecular flexibility index (Phi) is 3.33. The van der Waals surface area contributed by atoms with Crippen LogP contribution in [0.15, 0.2) is 0 Å². The van der Waals surface area contributed by atoms with Crippen LogP contribution in [0.1, 0.15) is 0 Å². The third kappa shape index (κ3) is 1.61. The van der Waals surface area contributed by atoms with Gasteiger partial charge in [0, 0.05) is 0 Å². The number of sulfonamides is 2. The zero-order valence-corrected chi connectivity index (χ0v) is 9.06. The lowest BCUT2D eigenvalue weighted by Gasteiger charge is -2.35. The molecule has 0 unspecified atom stereocenters. The summed E-state index contributed by atoms with van der Waals surface area (Å²) in [6.45, 7) is 0. The first-order valence-electron chi connectivity index (χ1n) is 3.12. The summed E-state index contributed by atoms with van der Waals surface area (Å²) >= 11 is 0. The molecule has 0 spiro atoms. The molecule has 0 saturated carbocycles. The smallest absolute Gasteiger partial charge is 0.344 e. The summed E-state index contributed by atoms with van der Waals surface area (Å²) in [5.41, 5.74) is 0. The van der Waals surface area contributed by atoms with E-state index in [0.29, 0.717) is 0 Å². The van der Waals surface area contributed by atoms with Gasteiger partial charge in [0.15, 0.2) is 0 Å². The highest BCUT2D eigenvalue weighted by molar-refractivity contribution is 8.06. The van der Waals surface area contributed by atoms with Gasteiger partial charge in [0.05, 0.1) is 0 Å². The lowest BCUT2D eigenvalue weighted by molar-refractivity contribution is -0.246. The molecule has 1 saturated heterocycles. The van der Waals surface area contributed by atoms with Gasteiger partial charge in [-0.3, -0.25) is 0 Å². The zero-order valence-electron chi connectivity index (χ0n) is 7.42. The molecule has 17 heavy (non-hydrogen) atoms. The van der Waals surface area contributed by atoms with Gasteiger partial charge in [0.25, 0.3) is 20.0 Å². The summed E-state index contributed by atoms with van der Waals surface area (Å²) in [5.74, 6) is -6.57. The number of halogens is 6. The molecular weight excluding hydrogens is 306 g/mol. The van der Waals surface area contributed by atoms with Crippen molar-refractivity contribution in [1.29, 1.82) is 0 Å². The Labute approximate surface area is 90.7 Å². The summed E-state index contributed by atoms with van der Waals surface area (Å²) in [4.78, 5) is 0. The lowest BCUT2D eigenvalue weighted by Crippen LogP contribution is -2.70. The highest BCUT2D eigenvalue weighted by Gasteiger charge is 2.86. The Hall–Kier alpha value is -0.600. The van der Waals surface area contributed by atoms with Gasteiger partial charge in [-0.1, -0.05) is 4.13 Å². The summed E-state index contributed by atoms with van der Waals surface area (Å²) < 4.78 is 116. The Morgan fingerprint density at radius 2 is 0.941 bits per heavy atom. The molecule has 104 valence electrons. The number of rotatable bonds is 0. The summed E-state index contributed by atoms with van der Waals surface area (Å²) in [5, 5.41) is -12.5. The second kappa shape index (κ2) is 3.46. The minimum atomic E-state index is -6.57. The molecule has 0 aromatic carbocycles. The van der Waals surface area contributed by atoms with Crippen LogP contribution < -0.4 is 10.3 Å². The number of hydrogen-bond donors (Lipinski definition) is 2. The zero-order chi connectivity index (χ0) is 13.2. The van der Waals surface area contributed by atoms with Crippen molar-refractivity contribution in [3.8, 4) is 0 Å². The topological polar surface area (TPSA) is 115 Å². The molecule has 0 atom stereocenters. The molecule has 0 amide bonds. The van der Waals surface area contributed by atoms with Crippen molar-refractivity contribution in [1.82, 2.24) is 10.3 Å². The van der Waals surface area contributed by atoms with E-state index in [4.69, 9.17) is 0 Å². The van der Waals surface area contributed by atoms with Crippen molar-refractivity contribution < 1.29 is 43.2 Å². The first-order chi connectivity index (χ1) is 6.71. The van der Waals surface area contributed by atoms with E-state index in [2.05, 4.69) is 0 Å². The van der Waals surface area contributed by atoms with E-state index in [-0.39, 0.29) is 10.3 Å². The molecule has 0 aromatic heterocycles. The molecule has 0 aliphatic carbocycles. The van der Waals surface area contributed by atoms with E-state index in [1.54, 1.807) is 0 Å². The molecule has 1 aliphatic heterocycles. The van der Waals surface area contributed by atoms with Crippen molar-refractivity contribution in [3.05, 3.63) is 0 Å². The van der Waals surface area contributed by atoms with Crippen LogP contribution in [0.4, 0.5) is 26.3 Å². The summed E-state index contributed by atoms with van der Waals surface area (Å²) in [6.07, 6.45) is 0. The van der Waals surface area contributed by atoms with Crippen LogP contribution in [0.3, 0.4) is 0 Å². The van der Waals surface area contributed by atoms with Gasteiger partial charge in [-0.15, -0.1) is 0 Å². The highest BCUT2D eigenvalue weighted by atomic mass is 32.3. The van der Waals surface area contributed by atoms with E-state index in [1.165, 1.54) is 0 Å². The van der Waals surface area contributed by atoms with E-state index < -0.39 is 36.5 Å². The van der Waals surface area contributed by atoms with Gasteiger partial charge < -0.3 is 6.15 Å². The van der Waals surface area contributed by atoms with Gasteiger partial charge in [0.1, 0.15) is 0 Å². The molecule has 1 rings (SSSR count). The van der Waals surface area contributed by atoms with Crippen LogP contribution >= 0.6 is 0 Å². The van der Waals surface area contributed by atoms with Crippen molar-refractivity contribution in [3.63, 3.8) is 0 Å². The van der Waals surface area contributed by atoms with Gasteiger partial charge in [0.2, 0.25) is 0 Å². The third-order valence-electron chi connectivity index (χ3n) is 1.63. The fourth-order valence-corrected chi connectivity index (χ4v) is 3.74. The lowest BCUT2D eigenvalue weighted by atomic mass is 10.3. The number of hydrogen-bond acceptors (Lipinski definition) is 5. The minimum absolute atomic E-state index is 0. The maximum absolute atomic E-state index is 12.5. The maximum atomic E-state index is 12.5. The fraction of sp³-hybridized carbons (Fsp3) is 1.00. The van der Waals surface area contributed by atoms with Crippen molar-refractivity contribution in [2.24, 2.45) is 0 Å². The molecule has 0 radical (unpaired) electrons. The second-order valence-electron chi connectivity index (χ2n) is 2.70. The largest absolute Gasteiger partial charge is 0.429 e. The molecule has 1 aliphatic rings. The van der Waals surface area contributed by atoms with E-state index in [1.807, 2.05) is 0 Å². The Morgan fingerprint density at radius 3 is 1.18 bits per heavy atom. The summed E-state index contributed by atoms with van der Waals surface area (Å²) in [6, 6.07) is 0. The van der Waals surface area contributed by atoms with Crippen LogP contribution in [-0.4, -0.2) is 33.3 Å². The summed E-state index contributed by atoms with van der Waals surface area (Å²) in [7, 11) is -12.9. The normalized spacial score (nSPS) is 31.2. The monoisotopic (exact) mass is 310 g/mol. The SMILES string of the molecule is N.O=S1(=O)NS(=O)(=O)C(F)(F)C(F)(F)C1(F)F. The Balaban J connectivity index is 0.00000256. The molecule has 1 heterocycles. The van der Waals surface area contributed by atoms with Crippen molar-refractivity contribution in [2.75, 3.05) is 0 Å². The number of alkyl halides is 6. The van der Waals surface area contributed by atoms with Crippen LogP contribution in [0, 0.1) is 0 Å².